The van der Waals surface area contributed by atoms with Crippen LogP contribution in [0.3, 0.4) is 0 Å². The number of rotatable bonds is 8. The molecule has 2 aromatic heterocycles. The molecule has 3 aromatic rings. The average molecular weight is 467 g/mol. The van der Waals surface area contributed by atoms with Crippen LogP contribution in [0.15, 0.2) is 30.5 Å². The van der Waals surface area contributed by atoms with Crippen molar-refractivity contribution in [3.05, 3.63) is 47.3 Å². The summed E-state index contributed by atoms with van der Waals surface area (Å²) in [6.45, 7) is 6.51. The molecule has 1 aromatic carbocycles. The van der Waals surface area contributed by atoms with Gasteiger partial charge in [-0.1, -0.05) is 13.0 Å². The molecule has 0 atom stereocenters. The van der Waals surface area contributed by atoms with Gasteiger partial charge in [-0.25, -0.2) is 14.5 Å². The van der Waals surface area contributed by atoms with Crippen molar-refractivity contribution in [1.82, 2.24) is 20.1 Å². The molecule has 10 nitrogen and oxygen atoms in total. The smallest absolute Gasteiger partial charge is 0.409 e. The molecule has 10 heteroatoms. The Bertz CT molecular complexity index is 1190. The predicted octanol–water partition coefficient (Wildman–Crippen LogP) is 3.62. The summed E-state index contributed by atoms with van der Waals surface area (Å²) in [7, 11) is 0. The fraction of sp³-hybridized carbons (Fsp3) is 0.417. The van der Waals surface area contributed by atoms with E-state index in [1.54, 1.807) is 18.2 Å². The Balaban J connectivity index is 1.64. The molecular formula is C24H30N6O4. The second-order valence-corrected chi connectivity index (χ2v) is 8.19. The van der Waals surface area contributed by atoms with Gasteiger partial charge < -0.3 is 20.5 Å². The number of fused-ring (bicyclic) bond motifs is 1. The lowest BCUT2D eigenvalue weighted by atomic mass is 10.0. The van der Waals surface area contributed by atoms with Crippen LogP contribution >= 0.6 is 0 Å². The topological polar surface area (TPSA) is 130 Å². The first-order valence-corrected chi connectivity index (χ1v) is 11.6. The minimum atomic E-state index is -1.18. The molecule has 3 heterocycles. The summed E-state index contributed by atoms with van der Waals surface area (Å²) in [6.07, 6.45) is 3.17. The second kappa shape index (κ2) is 10.5. The monoisotopic (exact) mass is 466 g/mol. The van der Waals surface area contributed by atoms with E-state index in [0.29, 0.717) is 37.4 Å². The van der Waals surface area contributed by atoms with Gasteiger partial charge in [0, 0.05) is 54.9 Å². The molecule has 2 amide bonds. The number of nitrogens with one attached hydrogen (secondary N) is 3. The van der Waals surface area contributed by atoms with Crippen LogP contribution in [0.5, 0.6) is 0 Å². The Morgan fingerprint density at radius 3 is 2.74 bits per heavy atom. The summed E-state index contributed by atoms with van der Waals surface area (Å²) in [4.78, 5) is 28.7. The third kappa shape index (κ3) is 5.12. The summed E-state index contributed by atoms with van der Waals surface area (Å²) in [5.74, 6) is -0.294. The molecule has 1 saturated heterocycles. The van der Waals surface area contributed by atoms with E-state index >= 15 is 0 Å². The number of carboxylic acid groups (broad SMARTS) is 1. The van der Waals surface area contributed by atoms with E-state index in [4.69, 9.17) is 14.8 Å². The number of hydrogen-bond donors (Lipinski definition) is 4. The van der Waals surface area contributed by atoms with E-state index in [1.807, 2.05) is 24.7 Å². The van der Waals surface area contributed by atoms with Crippen molar-refractivity contribution in [2.24, 2.45) is 0 Å². The maximum Gasteiger partial charge on any atom is 0.409 e. The van der Waals surface area contributed by atoms with E-state index in [0.717, 1.165) is 40.8 Å². The van der Waals surface area contributed by atoms with Gasteiger partial charge in [0.2, 0.25) is 0 Å². The highest BCUT2D eigenvalue weighted by Crippen LogP contribution is 2.31. The van der Waals surface area contributed by atoms with Crippen LogP contribution in [0.1, 0.15) is 48.3 Å². The maximum absolute atomic E-state index is 12.9. The molecule has 0 aliphatic carbocycles. The highest BCUT2D eigenvalue weighted by Gasteiger charge is 2.22. The van der Waals surface area contributed by atoms with E-state index in [-0.39, 0.29) is 18.5 Å². The van der Waals surface area contributed by atoms with Crippen LogP contribution in [0, 0.1) is 0 Å². The lowest BCUT2D eigenvalue weighted by Crippen LogP contribution is -2.30. The van der Waals surface area contributed by atoms with Crippen LogP contribution < -0.4 is 16.0 Å². The Kier molecular flexibility index (Phi) is 7.27. The molecule has 1 aliphatic heterocycles. The van der Waals surface area contributed by atoms with Crippen molar-refractivity contribution < 1.29 is 19.4 Å². The molecule has 1 fully saturated rings. The molecular weight excluding hydrogens is 436 g/mol. The Hall–Kier alpha value is -3.66. The number of ether oxygens (including phenoxy) is 1. The lowest BCUT2D eigenvalue weighted by molar-refractivity contribution is 0.0904. The number of benzene rings is 1. The van der Waals surface area contributed by atoms with E-state index < -0.39 is 6.09 Å². The summed E-state index contributed by atoms with van der Waals surface area (Å²) in [5, 5.41) is 23.3. The van der Waals surface area contributed by atoms with Crippen molar-refractivity contribution in [2.45, 2.75) is 52.2 Å². The molecule has 180 valence electrons. The summed E-state index contributed by atoms with van der Waals surface area (Å²) in [5.41, 5.74) is 4.33. The number of aromatic nitrogens is 3. The van der Waals surface area contributed by atoms with Gasteiger partial charge in [0.05, 0.1) is 17.3 Å². The fourth-order valence-corrected chi connectivity index (χ4v) is 4.23. The zero-order chi connectivity index (χ0) is 24.1. The number of hydrogen-bond acceptors (Lipinski definition) is 6. The van der Waals surface area contributed by atoms with Gasteiger partial charge in [-0.15, -0.1) is 0 Å². The summed E-state index contributed by atoms with van der Waals surface area (Å²) >= 11 is 0. The molecule has 0 bridgehead atoms. The third-order valence-electron chi connectivity index (χ3n) is 5.98. The van der Waals surface area contributed by atoms with Gasteiger partial charge in [-0.2, -0.15) is 5.10 Å². The molecule has 0 saturated carbocycles. The van der Waals surface area contributed by atoms with Gasteiger partial charge >= 0.3 is 6.09 Å². The Morgan fingerprint density at radius 2 is 2.03 bits per heavy atom. The first kappa shape index (κ1) is 23.5. The molecule has 34 heavy (non-hydrogen) atoms. The van der Waals surface area contributed by atoms with Gasteiger partial charge in [0.25, 0.3) is 5.91 Å². The fourth-order valence-electron chi connectivity index (χ4n) is 4.23. The van der Waals surface area contributed by atoms with Gasteiger partial charge in [0.15, 0.2) is 5.65 Å². The maximum atomic E-state index is 12.9. The highest BCUT2D eigenvalue weighted by molar-refractivity contribution is 5.97. The minimum Gasteiger partial charge on any atom is -0.465 e. The van der Waals surface area contributed by atoms with Crippen LogP contribution in [0.25, 0.3) is 11.0 Å². The number of carbonyl (C=O) groups is 2. The molecule has 0 unspecified atom stereocenters. The number of amides is 2. The lowest BCUT2D eigenvalue weighted by Gasteiger charge is -2.26. The second-order valence-electron chi connectivity index (χ2n) is 8.19. The largest absolute Gasteiger partial charge is 0.465 e. The van der Waals surface area contributed by atoms with E-state index in [2.05, 4.69) is 21.0 Å². The van der Waals surface area contributed by atoms with Crippen LogP contribution in [-0.2, 0) is 24.2 Å². The van der Waals surface area contributed by atoms with Crippen molar-refractivity contribution >= 4 is 34.4 Å². The van der Waals surface area contributed by atoms with Gasteiger partial charge in [0.1, 0.15) is 0 Å². The quantitative estimate of drug-likeness (QED) is 0.399. The van der Waals surface area contributed by atoms with Crippen molar-refractivity contribution in [2.75, 3.05) is 23.8 Å². The van der Waals surface area contributed by atoms with Crippen LogP contribution in [0.4, 0.5) is 16.2 Å². The Labute approximate surface area is 197 Å². The molecule has 4 rings (SSSR count). The standard InChI is InChI=1S/C24H30N6O4/c1-3-20-18(13-25-23(31)15-6-5-7-17(12-15)28-24(32)33)21(27-16-8-10-34-11-9-16)19-14-26-30(4-2)22(19)29-20/h5-7,12,14,16,28H,3-4,8-11,13H2,1-2H3,(H,25,31)(H,27,29)(H,32,33). The first-order valence-electron chi connectivity index (χ1n) is 11.6. The average Bonchev–Trinajstić information content (AvgIpc) is 3.26. The van der Waals surface area contributed by atoms with Crippen molar-refractivity contribution in [1.29, 1.82) is 0 Å². The minimum absolute atomic E-state index is 0.266. The zero-order valence-corrected chi connectivity index (χ0v) is 19.4. The number of nitrogens with zero attached hydrogens (tertiary/aromatic N) is 3. The van der Waals surface area contributed by atoms with E-state index in [1.165, 1.54) is 6.07 Å². The molecule has 0 spiro atoms. The normalized spacial score (nSPS) is 14.2. The predicted molar refractivity (Wildman–Crippen MR) is 129 cm³/mol. The van der Waals surface area contributed by atoms with Crippen molar-refractivity contribution in [3.63, 3.8) is 0 Å². The summed E-state index contributed by atoms with van der Waals surface area (Å²) < 4.78 is 7.40. The summed E-state index contributed by atoms with van der Waals surface area (Å²) in [6, 6.07) is 6.67. The van der Waals surface area contributed by atoms with Gasteiger partial charge in [-0.3, -0.25) is 10.1 Å². The number of pyridine rings is 1. The van der Waals surface area contributed by atoms with Crippen LogP contribution in [-0.4, -0.2) is 51.1 Å². The zero-order valence-electron chi connectivity index (χ0n) is 19.4. The third-order valence-corrected chi connectivity index (χ3v) is 5.98. The number of carbonyl (C=O) groups excluding carboxylic acids is 1. The molecule has 0 radical (unpaired) electrons. The number of aryl methyl sites for hydroxylation is 2. The van der Waals surface area contributed by atoms with Crippen LogP contribution in [0.2, 0.25) is 0 Å². The SMILES string of the molecule is CCc1nc2c(cnn2CC)c(NC2CCOCC2)c1CNC(=O)c1cccc(NC(=O)O)c1. The molecule has 1 aliphatic rings. The Morgan fingerprint density at radius 1 is 1.24 bits per heavy atom. The highest BCUT2D eigenvalue weighted by atomic mass is 16.5. The van der Waals surface area contributed by atoms with Crippen molar-refractivity contribution in [3.8, 4) is 0 Å². The molecule has 4 N–H and O–H groups in total. The first-order chi connectivity index (χ1) is 16.5. The number of anilines is 2. The van der Waals surface area contributed by atoms with E-state index in [9.17, 15) is 9.59 Å². The van der Waals surface area contributed by atoms with Gasteiger partial charge in [-0.05, 0) is 44.4 Å².